The lowest BCUT2D eigenvalue weighted by atomic mass is 10.2. The number of nitrogens with zero attached hydrogens (tertiary/aromatic N) is 2. The molecule has 1 aromatic heterocycles. The highest BCUT2D eigenvalue weighted by atomic mass is 35.5. The van der Waals surface area contributed by atoms with Crippen LogP contribution in [-0.4, -0.2) is 21.5 Å². The first-order chi connectivity index (χ1) is 10.4. The van der Waals surface area contributed by atoms with E-state index in [0.717, 1.165) is 12.8 Å². The molecule has 1 heterocycles. The van der Waals surface area contributed by atoms with Gasteiger partial charge in [0.25, 0.3) is 5.56 Å². The van der Waals surface area contributed by atoms with Crippen molar-refractivity contribution in [3.8, 4) is 0 Å². The van der Waals surface area contributed by atoms with Gasteiger partial charge in [0.1, 0.15) is 6.54 Å². The molecule has 0 saturated carbocycles. The number of nitrogens with one attached hydrogen (secondary N) is 1. The molecule has 0 saturated heterocycles. The van der Waals surface area contributed by atoms with Crippen molar-refractivity contribution >= 4 is 40.0 Å². The maximum atomic E-state index is 12.4. The predicted octanol–water partition coefficient (Wildman–Crippen LogP) is 3.01. The maximum Gasteiger partial charge on any atom is 0.261 e. The molecule has 7 heteroatoms. The number of halogens is 2. The molecule has 0 aliphatic rings. The van der Waals surface area contributed by atoms with Crippen LogP contribution in [0, 0.1) is 0 Å². The van der Waals surface area contributed by atoms with Crippen LogP contribution in [0.5, 0.6) is 0 Å². The molecule has 0 unspecified atom stereocenters. The van der Waals surface area contributed by atoms with Gasteiger partial charge in [-0.2, -0.15) is 0 Å². The van der Waals surface area contributed by atoms with Gasteiger partial charge in [0.05, 0.1) is 22.3 Å². The Kier molecular flexibility index (Phi) is 5.42. The first-order valence-corrected chi connectivity index (χ1v) is 7.81. The van der Waals surface area contributed by atoms with E-state index in [2.05, 4.69) is 10.3 Å². The third-order valence-corrected chi connectivity index (χ3v) is 3.80. The minimum Gasteiger partial charge on any atom is -0.352 e. The van der Waals surface area contributed by atoms with Crippen LogP contribution < -0.4 is 10.9 Å². The number of carbonyl (C=O) groups is 1. The van der Waals surface area contributed by atoms with E-state index >= 15 is 0 Å². The average molecular weight is 342 g/mol. The van der Waals surface area contributed by atoms with E-state index in [1.54, 1.807) is 0 Å². The average Bonchev–Trinajstić information content (AvgIpc) is 2.42. The van der Waals surface area contributed by atoms with Crippen LogP contribution in [0.25, 0.3) is 10.9 Å². The molecule has 0 aliphatic carbocycles. The Balaban J connectivity index is 2.28. The van der Waals surface area contributed by atoms with Gasteiger partial charge in [0.2, 0.25) is 5.91 Å². The Morgan fingerprint density at radius 1 is 1.41 bits per heavy atom. The van der Waals surface area contributed by atoms with Crippen LogP contribution >= 0.6 is 23.2 Å². The first-order valence-electron chi connectivity index (χ1n) is 7.06. The zero-order chi connectivity index (χ0) is 16.3. The second-order valence-electron chi connectivity index (χ2n) is 5.22. The Morgan fingerprint density at radius 2 is 2.14 bits per heavy atom. The van der Waals surface area contributed by atoms with Crippen molar-refractivity contribution < 1.29 is 4.79 Å². The van der Waals surface area contributed by atoms with Crippen molar-refractivity contribution in [2.75, 3.05) is 0 Å². The molecule has 0 radical (unpaired) electrons. The molecular formula is C15H17Cl2N3O2. The number of carbonyl (C=O) groups excluding carboxylic acids is 1. The summed E-state index contributed by atoms with van der Waals surface area (Å²) in [5, 5.41) is 3.82. The van der Waals surface area contributed by atoms with Crippen LogP contribution in [0.4, 0.5) is 0 Å². The van der Waals surface area contributed by atoms with Crippen molar-refractivity contribution in [1.29, 1.82) is 0 Å². The van der Waals surface area contributed by atoms with Gasteiger partial charge in [0.15, 0.2) is 0 Å². The number of hydrogen-bond acceptors (Lipinski definition) is 3. The fourth-order valence-corrected chi connectivity index (χ4v) is 2.83. The number of benzene rings is 1. The van der Waals surface area contributed by atoms with Crippen molar-refractivity contribution in [1.82, 2.24) is 14.9 Å². The number of amides is 1. The molecule has 1 N–H and O–H groups in total. The Morgan fingerprint density at radius 3 is 2.82 bits per heavy atom. The van der Waals surface area contributed by atoms with Crippen LogP contribution in [0.3, 0.4) is 0 Å². The second kappa shape index (κ2) is 7.11. The molecule has 0 spiro atoms. The fraction of sp³-hybridized carbons (Fsp3) is 0.400. The third kappa shape index (κ3) is 3.78. The molecule has 1 atom stereocenters. The molecular weight excluding hydrogens is 325 g/mol. The lowest BCUT2D eigenvalue weighted by Crippen LogP contribution is -2.37. The molecule has 2 rings (SSSR count). The minimum absolute atomic E-state index is 0.0745. The van der Waals surface area contributed by atoms with Crippen molar-refractivity contribution in [2.24, 2.45) is 0 Å². The molecule has 22 heavy (non-hydrogen) atoms. The largest absolute Gasteiger partial charge is 0.352 e. The van der Waals surface area contributed by atoms with Gasteiger partial charge in [0, 0.05) is 11.1 Å². The zero-order valence-corrected chi connectivity index (χ0v) is 13.9. The topological polar surface area (TPSA) is 64.0 Å². The van der Waals surface area contributed by atoms with Crippen molar-refractivity contribution in [2.45, 2.75) is 39.3 Å². The summed E-state index contributed by atoms with van der Waals surface area (Å²) in [6, 6.07) is 3.11. The van der Waals surface area contributed by atoms with E-state index in [9.17, 15) is 9.59 Å². The van der Waals surface area contributed by atoms with Crippen molar-refractivity contribution in [3.05, 3.63) is 38.9 Å². The summed E-state index contributed by atoms with van der Waals surface area (Å²) in [5.41, 5.74) is 0.0415. The molecule has 0 fully saturated rings. The monoisotopic (exact) mass is 341 g/mol. The van der Waals surface area contributed by atoms with E-state index < -0.39 is 0 Å². The smallest absolute Gasteiger partial charge is 0.261 e. The van der Waals surface area contributed by atoms with Gasteiger partial charge < -0.3 is 5.32 Å². The van der Waals surface area contributed by atoms with Gasteiger partial charge >= 0.3 is 0 Å². The van der Waals surface area contributed by atoms with Gasteiger partial charge in [-0.25, -0.2) is 4.98 Å². The summed E-state index contributed by atoms with van der Waals surface area (Å²) in [6.45, 7) is 3.90. The normalized spacial score (nSPS) is 12.4. The Hall–Kier alpha value is -1.59. The first kappa shape index (κ1) is 16.8. The van der Waals surface area contributed by atoms with E-state index in [-0.39, 0.29) is 24.1 Å². The zero-order valence-electron chi connectivity index (χ0n) is 12.4. The van der Waals surface area contributed by atoms with Gasteiger partial charge in [-0.15, -0.1) is 0 Å². The molecule has 118 valence electrons. The molecule has 5 nitrogen and oxygen atoms in total. The predicted molar refractivity (Wildman–Crippen MR) is 88.5 cm³/mol. The van der Waals surface area contributed by atoms with Crippen molar-refractivity contribution in [3.63, 3.8) is 0 Å². The van der Waals surface area contributed by atoms with Crippen LogP contribution in [-0.2, 0) is 11.3 Å². The van der Waals surface area contributed by atoms with Crippen LogP contribution in [0.2, 0.25) is 10.0 Å². The summed E-state index contributed by atoms with van der Waals surface area (Å²) in [5.74, 6) is -0.225. The quantitative estimate of drug-likeness (QED) is 0.908. The molecule has 0 aliphatic heterocycles. The van der Waals surface area contributed by atoms with E-state index in [0.29, 0.717) is 20.9 Å². The van der Waals surface area contributed by atoms with Gasteiger partial charge in [-0.1, -0.05) is 36.5 Å². The summed E-state index contributed by atoms with van der Waals surface area (Å²) in [6.07, 6.45) is 3.20. The maximum absolute atomic E-state index is 12.4. The summed E-state index contributed by atoms with van der Waals surface area (Å²) >= 11 is 11.9. The van der Waals surface area contributed by atoms with Gasteiger partial charge in [-0.05, 0) is 25.5 Å². The standard InChI is InChI=1S/C15H17Cl2N3O2/c1-3-4-9(2)19-13(21)7-20-8-18-14-11(15(20)22)5-10(16)6-12(14)17/h5-6,8-9H,3-4,7H2,1-2H3,(H,19,21)/t9-/m1/s1. The highest BCUT2D eigenvalue weighted by Crippen LogP contribution is 2.23. The summed E-state index contributed by atoms with van der Waals surface area (Å²) in [4.78, 5) is 28.5. The summed E-state index contributed by atoms with van der Waals surface area (Å²) in [7, 11) is 0. The fourth-order valence-electron chi connectivity index (χ4n) is 2.29. The molecule has 1 aromatic carbocycles. The lowest BCUT2D eigenvalue weighted by Gasteiger charge is -2.13. The number of fused-ring (bicyclic) bond motifs is 1. The van der Waals surface area contributed by atoms with Crippen LogP contribution in [0.1, 0.15) is 26.7 Å². The number of hydrogen-bond donors (Lipinski definition) is 1. The minimum atomic E-state index is -0.340. The second-order valence-corrected chi connectivity index (χ2v) is 6.06. The van der Waals surface area contributed by atoms with Crippen LogP contribution in [0.15, 0.2) is 23.3 Å². The number of aromatic nitrogens is 2. The lowest BCUT2D eigenvalue weighted by molar-refractivity contribution is -0.122. The highest BCUT2D eigenvalue weighted by Gasteiger charge is 2.12. The summed E-state index contributed by atoms with van der Waals surface area (Å²) < 4.78 is 1.25. The molecule has 1 amide bonds. The van der Waals surface area contributed by atoms with E-state index in [1.807, 2.05) is 13.8 Å². The van der Waals surface area contributed by atoms with E-state index in [1.165, 1.54) is 23.0 Å². The Labute approximate surface area is 138 Å². The van der Waals surface area contributed by atoms with E-state index in [4.69, 9.17) is 23.2 Å². The highest BCUT2D eigenvalue weighted by molar-refractivity contribution is 6.38. The Bertz CT molecular complexity index is 758. The number of rotatable bonds is 5. The molecule has 2 aromatic rings. The SMILES string of the molecule is CCC[C@@H](C)NC(=O)Cn1cnc2c(Cl)cc(Cl)cc2c1=O. The third-order valence-electron chi connectivity index (χ3n) is 3.29. The van der Waals surface area contributed by atoms with Gasteiger partial charge in [-0.3, -0.25) is 14.2 Å². The molecule has 0 bridgehead atoms.